The molecule has 0 bridgehead atoms. The zero-order chi connectivity index (χ0) is 11.3. The lowest BCUT2D eigenvalue weighted by Crippen LogP contribution is -2.24. The average Bonchev–Trinajstić information content (AvgIpc) is 2.46. The molecule has 86 valence electrons. The van der Waals surface area contributed by atoms with Crippen molar-refractivity contribution in [1.29, 1.82) is 0 Å². The average molecular weight is 211 g/mol. The van der Waals surface area contributed by atoms with Crippen LogP contribution in [0, 0.1) is 20.8 Å². The van der Waals surface area contributed by atoms with Crippen LogP contribution in [0.5, 0.6) is 0 Å². The van der Waals surface area contributed by atoms with Crippen LogP contribution >= 0.6 is 0 Å². The fourth-order valence-corrected chi connectivity index (χ4v) is 1.49. The molecule has 0 radical (unpaired) electrons. The van der Waals surface area contributed by atoms with Gasteiger partial charge in [-0.25, -0.2) is 0 Å². The molecule has 1 N–H and O–H groups in total. The molecule has 1 heterocycles. The highest BCUT2D eigenvalue weighted by atomic mass is 16.5. The van der Waals surface area contributed by atoms with E-state index in [0.717, 1.165) is 31.9 Å². The van der Waals surface area contributed by atoms with Gasteiger partial charge in [-0.1, -0.05) is 0 Å². The number of nitrogens with one attached hydrogen (secondary N) is 1. The van der Waals surface area contributed by atoms with Gasteiger partial charge in [0.1, 0.15) is 0 Å². The maximum Gasteiger partial charge on any atom is 0.0625 e. The third-order valence-electron chi connectivity index (χ3n) is 2.73. The Morgan fingerprint density at radius 3 is 2.53 bits per heavy atom. The number of ether oxygens (including phenoxy) is 1. The van der Waals surface area contributed by atoms with Gasteiger partial charge in [0.15, 0.2) is 0 Å². The van der Waals surface area contributed by atoms with Gasteiger partial charge in [0.25, 0.3) is 0 Å². The summed E-state index contributed by atoms with van der Waals surface area (Å²) >= 11 is 0. The first-order chi connectivity index (χ1) is 7.16. The van der Waals surface area contributed by atoms with Crippen molar-refractivity contribution in [1.82, 2.24) is 15.1 Å². The molecule has 1 aromatic heterocycles. The summed E-state index contributed by atoms with van der Waals surface area (Å²) in [5.74, 6) is 0. The molecule has 0 spiro atoms. The Kier molecular flexibility index (Phi) is 4.78. The topological polar surface area (TPSA) is 39.1 Å². The summed E-state index contributed by atoms with van der Waals surface area (Å²) in [7, 11) is 1.71. The predicted octanol–water partition coefficient (Wildman–Crippen LogP) is 1.04. The van der Waals surface area contributed by atoms with Crippen molar-refractivity contribution in [2.24, 2.45) is 0 Å². The Balaban J connectivity index is 2.34. The van der Waals surface area contributed by atoms with Gasteiger partial charge in [0, 0.05) is 25.9 Å². The van der Waals surface area contributed by atoms with Crippen LogP contribution in [-0.4, -0.2) is 36.6 Å². The summed E-state index contributed by atoms with van der Waals surface area (Å²) in [6.45, 7) is 9.80. The maximum atomic E-state index is 4.96. The van der Waals surface area contributed by atoms with Crippen LogP contribution in [0.2, 0.25) is 0 Å². The Bertz CT molecular complexity index is 307. The van der Waals surface area contributed by atoms with E-state index in [1.54, 1.807) is 7.11 Å². The second-order valence-corrected chi connectivity index (χ2v) is 3.76. The van der Waals surface area contributed by atoms with E-state index in [0.29, 0.717) is 0 Å². The molecule has 0 amide bonds. The van der Waals surface area contributed by atoms with Gasteiger partial charge in [0.2, 0.25) is 0 Å². The smallest absolute Gasteiger partial charge is 0.0625 e. The lowest BCUT2D eigenvalue weighted by molar-refractivity contribution is 0.199. The standard InChI is InChI=1S/C11H21N3O/c1-9-10(2)13-14(11(9)3)7-5-12-6-8-15-4/h12H,5-8H2,1-4H3. The van der Waals surface area contributed by atoms with Gasteiger partial charge >= 0.3 is 0 Å². The lowest BCUT2D eigenvalue weighted by Gasteiger charge is -2.06. The quantitative estimate of drug-likeness (QED) is 0.715. The van der Waals surface area contributed by atoms with Crippen molar-refractivity contribution in [3.63, 3.8) is 0 Å². The summed E-state index contributed by atoms with van der Waals surface area (Å²) in [6, 6.07) is 0. The van der Waals surface area contributed by atoms with Crippen LogP contribution < -0.4 is 5.32 Å². The van der Waals surface area contributed by atoms with Crippen LogP contribution in [0.3, 0.4) is 0 Å². The van der Waals surface area contributed by atoms with Gasteiger partial charge in [-0.2, -0.15) is 5.10 Å². The normalized spacial score (nSPS) is 10.9. The molecule has 0 aliphatic heterocycles. The van der Waals surface area contributed by atoms with Gasteiger partial charge in [-0.15, -0.1) is 0 Å². The lowest BCUT2D eigenvalue weighted by atomic mass is 10.2. The monoisotopic (exact) mass is 211 g/mol. The molecule has 4 nitrogen and oxygen atoms in total. The van der Waals surface area contributed by atoms with Gasteiger partial charge < -0.3 is 10.1 Å². The fraction of sp³-hybridized carbons (Fsp3) is 0.727. The van der Waals surface area contributed by atoms with E-state index in [2.05, 4.69) is 35.9 Å². The van der Waals surface area contributed by atoms with Crippen LogP contribution in [0.1, 0.15) is 17.0 Å². The number of rotatable bonds is 6. The molecule has 4 heteroatoms. The highest BCUT2D eigenvalue weighted by Crippen LogP contribution is 2.09. The first-order valence-corrected chi connectivity index (χ1v) is 5.37. The van der Waals surface area contributed by atoms with Gasteiger partial charge in [-0.3, -0.25) is 4.68 Å². The number of hydrogen-bond acceptors (Lipinski definition) is 3. The van der Waals surface area contributed by atoms with Crippen LogP contribution in [0.15, 0.2) is 0 Å². The largest absolute Gasteiger partial charge is 0.383 e. The maximum absolute atomic E-state index is 4.96. The predicted molar refractivity (Wildman–Crippen MR) is 61.2 cm³/mol. The SMILES string of the molecule is COCCNCCn1nc(C)c(C)c1C. The second kappa shape index (κ2) is 5.88. The van der Waals surface area contributed by atoms with Crippen LogP contribution in [0.4, 0.5) is 0 Å². The molecule has 1 aromatic rings. The van der Waals surface area contributed by atoms with E-state index in [4.69, 9.17) is 4.74 Å². The summed E-state index contributed by atoms with van der Waals surface area (Å²) in [5.41, 5.74) is 3.69. The van der Waals surface area contributed by atoms with Crippen molar-refractivity contribution in [2.75, 3.05) is 26.8 Å². The molecule has 0 aliphatic rings. The number of hydrogen-bond donors (Lipinski definition) is 1. The molecular formula is C11H21N3O. The number of aromatic nitrogens is 2. The van der Waals surface area contributed by atoms with Crippen molar-refractivity contribution in [2.45, 2.75) is 27.3 Å². The number of methoxy groups -OCH3 is 1. The van der Waals surface area contributed by atoms with E-state index in [-0.39, 0.29) is 0 Å². The van der Waals surface area contributed by atoms with Crippen LogP contribution in [0.25, 0.3) is 0 Å². The summed E-state index contributed by atoms with van der Waals surface area (Å²) in [6.07, 6.45) is 0. The molecule has 0 aliphatic carbocycles. The minimum absolute atomic E-state index is 0.760. The van der Waals surface area contributed by atoms with Crippen molar-refractivity contribution in [3.05, 3.63) is 17.0 Å². The van der Waals surface area contributed by atoms with E-state index < -0.39 is 0 Å². The molecule has 1 rings (SSSR count). The van der Waals surface area contributed by atoms with E-state index in [1.807, 2.05) is 0 Å². The Labute approximate surface area is 91.6 Å². The number of aryl methyl sites for hydroxylation is 1. The first kappa shape index (κ1) is 12.2. The third-order valence-corrected chi connectivity index (χ3v) is 2.73. The molecule has 0 fully saturated rings. The minimum atomic E-state index is 0.760. The van der Waals surface area contributed by atoms with E-state index in [1.165, 1.54) is 11.3 Å². The summed E-state index contributed by atoms with van der Waals surface area (Å²) in [5, 5.41) is 7.78. The highest BCUT2D eigenvalue weighted by molar-refractivity contribution is 5.21. The van der Waals surface area contributed by atoms with Crippen molar-refractivity contribution in [3.8, 4) is 0 Å². The Hall–Kier alpha value is -0.870. The molecular weight excluding hydrogens is 190 g/mol. The summed E-state index contributed by atoms with van der Waals surface area (Å²) < 4.78 is 7.02. The molecule has 0 unspecified atom stereocenters. The van der Waals surface area contributed by atoms with Crippen molar-refractivity contribution < 1.29 is 4.74 Å². The third kappa shape index (κ3) is 3.32. The Morgan fingerprint density at radius 1 is 1.27 bits per heavy atom. The molecule has 0 saturated heterocycles. The second-order valence-electron chi connectivity index (χ2n) is 3.76. The minimum Gasteiger partial charge on any atom is -0.383 e. The summed E-state index contributed by atoms with van der Waals surface area (Å²) in [4.78, 5) is 0. The molecule has 0 saturated carbocycles. The Morgan fingerprint density at radius 2 is 2.00 bits per heavy atom. The zero-order valence-electron chi connectivity index (χ0n) is 10.1. The van der Waals surface area contributed by atoms with E-state index in [9.17, 15) is 0 Å². The molecule has 0 atom stereocenters. The first-order valence-electron chi connectivity index (χ1n) is 5.37. The zero-order valence-corrected chi connectivity index (χ0v) is 10.1. The van der Waals surface area contributed by atoms with E-state index >= 15 is 0 Å². The van der Waals surface area contributed by atoms with Crippen molar-refractivity contribution >= 4 is 0 Å². The number of nitrogens with zero attached hydrogens (tertiary/aromatic N) is 2. The highest BCUT2D eigenvalue weighted by Gasteiger charge is 2.05. The van der Waals surface area contributed by atoms with Crippen LogP contribution in [-0.2, 0) is 11.3 Å². The molecule has 15 heavy (non-hydrogen) atoms. The van der Waals surface area contributed by atoms with Gasteiger partial charge in [0.05, 0.1) is 18.8 Å². The van der Waals surface area contributed by atoms with Gasteiger partial charge in [-0.05, 0) is 26.3 Å². The fourth-order valence-electron chi connectivity index (χ4n) is 1.49. The molecule has 0 aromatic carbocycles.